The van der Waals surface area contributed by atoms with E-state index in [1.165, 1.54) is 29.7 Å². The highest BCUT2D eigenvalue weighted by Gasteiger charge is 2.11. The zero-order valence-electron chi connectivity index (χ0n) is 5.91. The summed E-state index contributed by atoms with van der Waals surface area (Å²) in [6, 6.07) is 0. The van der Waals surface area contributed by atoms with Crippen LogP contribution < -0.4 is 0 Å². The largest absolute Gasteiger partial charge is 0.467 e. The molecule has 2 heteroatoms. The van der Waals surface area contributed by atoms with Crippen molar-refractivity contribution < 1.29 is 0 Å². The molecule has 0 aliphatic heterocycles. The van der Waals surface area contributed by atoms with Crippen LogP contribution in [0.15, 0.2) is 0 Å². The summed E-state index contributed by atoms with van der Waals surface area (Å²) in [6.45, 7) is 0. The Morgan fingerprint density at radius 2 is 1.56 bits per heavy atom. The predicted octanol–water partition coefficient (Wildman–Crippen LogP) is 3.18. The Labute approximate surface area is 77.3 Å². The van der Waals surface area contributed by atoms with Crippen molar-refractivity contribution in [1.82, 2.24) is 0 Å². The third-order valence-electron chi connectivity index (χ3n) is 2.19. The minimum absolute atomic E-state index is 0.316. The fraction of sp³-hybridized carbons (Fsp3) is 1.00. The monoisotopic (exact) mass is 248 g/mol. The molecular formula is C7H13IMg. The first-order chi connectivity index (χ1) is 4.43. The standard InChI is InChI=1S/C7H13.HI.Mg/c1-2-4-6-7-5-3-1;;/h1H,2-7H2;1H;/q;;+1/p-1. The van der Waals surface area contributed by atoms with Gasteiger partial charge in [0.15, 0.2) is 0 Å². The van der Waals surface area contributed by atoms with Crippen LogP contribution in [-0.2, 0) is 0 Å². The molecule has 0 unspecified atom stereocenters. The molecule has 1 fully saturated rings. The SMILES string of the molecule is [I][Mg][CH]1CCCCCC1. The van der Waals surface area contributed by atoms with Gasteiger partial charge in [-0.05, 0) is 0 Å². The topological polar surface area (TPSA) is 0 Å². The van der Waals surface area contributed by atoms with Crippen LogP contribution in [0, 0.1) is 0 Å². The molecule has 0 aromatic heterocycles. The van der Waals surface area contributed by atoms with Gasteiger partial charge in [0, 0.05) is 0 Å². The third kappa shape index (κ3) is 3.42. The Balaban J connectivity index is 2.18. The van der Waals surface area contributed by atoms with Crippen LogP contribution >= 0.6 is 18.9 Å². The third-order valence-corrected chi connectivity index (χ3v) is 7.18. The van der Waals surface area contributed by atoms with E-state index in [2.05, 4.69) is 18.9 Å². The Kier molecular flexibility index (Phi) is 4.95. The fourth-order valence-electron chi connectivity index (χ4n) is 1.52. The lowest BCUT2D eigenvalue weighted by Crippen LogP contribution is -1.94. The van der Waals surface area contributed by atoms with E-state index < -0.39 is 0 Å². The summed E-state index contributed by atoms with van der Waals surface area (Å²) in [7, 11) is 0. The first kappa shape index (κ1) is 8.59. The zero-order chi connectivity index (χ0) is 6.53. The molecule has 0 bridgehead atoms. The average Bonchev–Trinajstić information content (AvgIpc) is 2.13. The van der Waals surface area contributed by atoms with Gasteiger partial charge in [0.25, 0.3) is 0 Å². The number of halogens is 1. The van der Waals surface area contributed by atoms with Crippen molar-refractivity contribution in [2.45, 2.75) is 42.6 Å². The van der Waals surface area contributed by atoms with Crippen LogP contribution in [0.3, 0.4) is 0 Å². The normalized spacial score (nSPS) is 22.8. The van der Waals surface area contributed by atoms with E-state index in [0.717, 1.165) is 0 Å². The molecular weight excluding hydrogens is 235 g/mol. The van der Waals surface area contributed by atoms with Crippen molar-refractivity contribution in [3.63, 3.8) is 0 Å². The van der Waals surface area contributed by atoms with Gasteiger partial charge in [-0.25, -0.2) is 0 Å². The molecule has 0 saturated heterocycles. The lowest BCUT2D eigenvalue weighted by molar-refractivity contribution is 0.699. The lowest BCUT2D eigenvalue weighted by Gasteiger charge is -2.06. The van der Waals surface area contributed by atoms with Gasteiger partial charge in [0.1, 0.15) is 0 Å². The van der Waals surface area contributed by atoms with Gasteiger partial charge in [-0.2, -0.15) is 0 Å². The van der Waals surface area contributed by atoms with E-state index in [4.69, 9.17) is 0 Å². The Morgan fingerprint density at radius 3 is 2.00 bits per heavy atom. The molecule has 0 N–H and O–H groups in total. The smallest absolute Gasteiger partial charge is 0.301 e. The van der Waals surface area contributed by atoms with Gasteiger partial charge < -0.3 is 18.9 Å². The van der Waals surface area contributed by atoms with Gasteiger partial charge in [0.05, 0.1) is 0 Å². The average molecular weight is 248 g/mol. The van der Waals surface area contributed by atoms with Crippen LogP contribution in [0.5, 0.6) is 0 Å². The first-order valence-corrected chi connectivity index (χ1v) is 9.92. The van der Waals surface area contributed by atoms with Crippen molar-refractivity contribution >= 4 is 35.3 Å². The summed E-state index contributed by atoms with van der Waals surface area (Å²) >= 11 is 2.98. The van der Waals surface area contributed by atoms with Gasteiger partial charge in [-0.3, -0.25) is 0 Å². The van der Waals surface area contributed by atoms with Gasteiger partial charge >= 0.3 is 16.5 Å². The van der Waals surface area contributed by atoms with Crippen molar-refractivity contribution in [3.8, 4) is 0 Å². The molecule has 0 atom stereocenters. The maximum atomic E-state index is 2.66. The van der Waals surface area contributed by atoms with E-state index >= 15 is 0 Å². The predicted molar refractivity (Wildman–Crippen MR) is 51.2 cm³/mol. The van der Waals surface area contributed by atoms with Crippen LogP contribution in [0.4, 0.5) is 0 Å². The van der Waals surface area contributed by atoms with Crippen LogP contribution in [0.2, 0.25) is 4.05 Å². The second-order valence-corrected chi connectivity index (χ2v) is 7.12. The highest BCUT2D eigenvalue weighted by Crippen LogP contribution is 2.27. The van der Waals surface area contributed by atoms with Crippen LogP contribution in [0.1, 0.15) is 38.5 Å². The minimum Gasteiger partial charge on any atom is -0.301 e. The minimum atomic E-state index is 0.316. The first-order valence-electron chi connectivity index (χ1n) is 3.99. The molecule has 0 nitrogen and oxygen atoms in total. The van der Waals surface area contributed by atoms with Crippen LogP contribution in [0.25, 0.3) is 0 Å². The number of hydrogen-bond acceptors (Lipinski definition) is 0. The maximum Gasteiger partial charge on any atom is 0.467 e. The summed E-state index contributed by atoms with van der Waals surface area (Å²) < 4.78 is 1.20. The lowest BCUT2D eigenvalue weighted by atomic mass is 10.2. The molecule has 1 saturated carbocycles. The zero-order valence-corrected chi connectivity index (χ0v) is 9.48. The van der Waals surface area contributed by atoms with Crippen LogP contribution in [-0.4, -0.2) is 16.5 Å². The van der Waals surface area contributed by atoms with Gasteiger partial charge in [0.2, 0.25) is 0 Å². The van der Waals surface area contributed by atoms with Crippen molar-refractivity contribution in [1.29, 1.82) is 0 Å². The number of hydrogen-bond donors (Lipinski definition) is 0. The molecule has 50 valence electrons. The molecule has 9 heavy (non-hydrogen) atoms. The van der Waals surface area contributed by atoms with Crippen molar-refractivity contribution in [3.05, 3.63) is 0 Å². The van der Waals surface area contributed by atoms with E-state index in [1.807, 2.05) is 0 Å². The van der Waals surface area contributed by atoms with Crippen molar-refractivity contribution in [2.75, 3.05) is 0 Å². The van der Waals surface area contributed by atoms with E-state index in [9.17, 15) is 0 Å². The number of rotatable bonds is 1. The van der Waals surface area contributed by atoms with E-state index in [0.29, 0.717) is 16.5 Å². The summed E-state index contributed by atoms with van der Waals surface area (Å²) in [5.41, 5.74) is 0. The quantitative estimate of drug-likeness (QED) is 0.380. The molecule has 0 aromatic rings. The Bertz CT molecular complexity index is 67.3. The van der Waals surface area contributed by atoms with Gasteiger partial charge in [-0.1, -0.05) is 38.5 Å². The molecule has 0 amide bonds. The van der Waals surface area contributed by atoms with E-state index in [-0.39, 0.29) is 0 Å². The highest BCUT2D eigenvalue weighted by molar-refractivity contribution is 14.1. The summed E-state index contributed by atoms with van der Waals surface area (Å²) in [5, 5.41) is 0. The molecule has 0 radical (unpaired) electrons. The molecule has 0 aromatic carbocycles. The maximum absolute atomic E-state index is 2.66. The highest BCUT2D eigenvalue weighted by atomic mass is 127. The molecule has 1 rings (SSSR count). The Hall–Kier alpha value is 1.50. The second kappa shape index (κ2) is 5.19. The van der Waals surface area contributed by atoms with Crippen molar-refractivity contribution in [2.24, 2.45) is 0 Å². The summed E-state index contributed by atoms with van der Waals surface area (Å²) in [6.07, 6.45) is 9.22. The molecule has 1 aliphatic carbocycles. The second-order valence-electron chi connectivity index (χ2n) is 3.01. The summed E-state index contributed by atoms with van der Waals surface area (Å²) in [4.78, 5) is 0. The fourth-order valence-corrected chi connectivity index (χ4v) is 5.05. The summed E-state index contributed by atoms with van der Waals surface area (Å²) in [5.74, 6) is 0. The molecule has 1 aliphatic rings. The van der Waals surface area contributed by atoms with Gasteiger partial charge in [-0.15, -0.1) is 4.05 Å². The van der Waals surface area contributed by atoms with E-state index in [1.54, 1.807) is 12.8 Å². The molecule has 0 heterocycles. The Morgan fingerprint density at radius 1 is 1.00 bits per heavy atom. The molecule has 0 spiro atoms.